The Kier molecular flexibility index (Phi) is 4.10. The zero-order chi connectivity index (χ0) is 13.8. The first kappa shape index (κ1) is 13.5. The van der Waals surface area contributed by atoms with E-state index in [1.807, 2.05) is 26.2 Å². The van der Waals surface area contributed by atoms with E-state index in [0.717, 1.165) is 47.0 Å². The summed E-state index contributed by atoms with van der Waals surface area (Å²) in [6, 6.07) is 2.10. The molecule has 0 unspecified atom stereocenters. The van der Waals surface area contributed by atoms with Crippen molar-refractivity contribution in [3.8, 4) is 11.3 Å². The molecular formula is C15H20N4. The van der Waals surface area contributed by atoms with Gasteiger partial charge >= 0.3 is 0 Å². The van der Waals surface area contributed by atoms with Gasteiger partial charge in [-0.25, -0.2) is 9.97 Å². The van der Waals surface area contributed by atoms with Crippen LogP contribution in [0, 0.1) is 20.8 Å². The third kappa shape index (κ3) is 3.08. The van der Waals surface area contributed by atoms with E-state index in [9.17, 15) is 0 Å². The van der Waals surface area contributed by atoms with Crippen molar-refractivity contribution in [3.63, 3.8) is 0 Å². The quantitative estimate of drug-likeness (QED) is 0.912. The lowest BCUT2D eigenvalue weighted by Crippen LogP contribution is -2.07. The molecule has 1 N–H and O–H groups in total. The van der Waals surface area contributed by atoms with Gasteiger partial charge in [-0.1, -0.05) is 6.92 Å². The average Bonchev–Trinajstić information content (AvgIpc) is 2.39. The molecular weight excluding hydrogens is 236 g/mol. The highest BCUT2D eigenvalue weighted by Gasteiger charge is 2.11. The van der Waals surface area contributed by atoms with Gasteiger partial charge in [0.05, 0.1) is 5.69 Å². The summed E-state index contributed by atoms with van der Waals surface area (Å²) in [6.45, 7) is 9.07. The van der Waals surface area contributed by atoms with Crippen LogP contribution in [-0.2, 0) is 0 Å². The minimum atomic E-state index is 0.778. The minimum absolute atomic E-state index is 0.778. The maximum atomic E-state index is 4.56. The number of anilines is 1. The highest BCUT2D eigenvalue weighted by atomic mass is 15.0. The molecule has 0 aromatic carbocycles. The van der Waals surface area contributed by atoms with E-state index in [-0.39, 0.29) is 0 Å². The highest BCUT2D eigenvalue weighted by molar-refractivity contribution is 5.67. The third-order valence-corrected chi connectivity index (χ3v) is 2.95. The van der Waals surface area contributed by atoms with Crippen molar-refractivity contribution in [2.75, 3.05) is 11.9 Å². The predicted molar refractivity (Wildman–Crippen MR) is 78.3 cm³/mol. The maximum absolute atomic E-state index is 4.56. The van der Waals surface area contributed by atoms with Crippen LogP contribution in [0.2, 0.25) is 0 Å². The second kappa shape index (κ2) is 5.78. The zero-order valence-electron chi connectivity index (χ0n) is 12.0. The first-order valence-electron chi connectivity index (χ1n) is 6.63. The van der Waals surface area contributed by atoms with Gasteiger partial charge in [0.25, 0.3) is 0 Å². The molecule has 2 aromatic rings. The molecule has 2 heterocycles. The largest absolute Gasteiger partial charge is 0.370 e. The van der Waals surface area contributed by atoms with Crippen LogP contribution in [0.25, 0.3) is 11.3 Å². The Balaban J connectivity index is 2.48. The van der Waals surface area contributed by atoms with Crippen LogP contribution in [0.15, 0.2) is 18.5 Å². The van der Waals surface area contributed by atoms with Crippen molar-refractivity contribution in [2.24, 2.45) is 0 Å². The Morgan fingerprint density at radius 2 is 1.89 bits per heavy atom. The van der Waals surface area contributed by atoms with Crippen molar-refractivity contribution in [1.29, 1.82) is 0 Å². The summed E-state index contributed by atoms with van der Waals surface area (Å²) in [5, 5.41) is 3.36. The number of pyridine rings is 1. The second-order valence-electron chi connectivity index (χ2n) is 4.77. The van der Waals surface area contributed by atoms with Crippen LogP contribution >= 0.6 is 0 Å². The van der Waals surface area contributed by atoms with Gasteiger partial charge < -0.3 is 5.32 Å². The van der Waals surface area contributed by atoms with E-state index in [0.29, 0.717) is 0 Å². The standard InChI is InChI=1S/C15H20N4/c1-5-6-17-15-11(3)14(18-12(4)19-15)13-7-10(2)8-16-9-13/h7-9H,5-6H2,1-4H3,(H,17,18,19). The average molecular weight is 256 g/mol. The summed E-state index contributed by atoms with van der Waals surface area (Å²) in [5.74, 6) is 1.70. The van der Waals surface area contributed by atoms with Crippen molar-refractivity contribution in [3.05, 3.63) is 35.4 Å². The van der Waals surface area contributed by atoms with Gasteiger partial charge in [-0.15, -0.1) is 0 Å². The smallest absolute Gasteiger partial charge is 0.133 e. The molecule has 0 saturated carbocycles. The normalized spacial score (nSPS) is 10.5. The molecule has 0 atom stereocenters. The van der Waals surface area contributed by atoms with Gasteiger partial charge in [0.1, 0.15) is 11.6 Å². The Hall–Kier alpha value is -1.97. The van der Waals surface area contributed by atoms with E-state index >= 15 is 0 Å². The Morgan fingerprint density at radius 1 is 1.11 bits per heavy atom. The van der Waals surface area contributed by atoms with Crippen LogP contribution in [0.5, 0.6) is 0 Å². The van der Waals surface area contributed by atoms with Crippen LogP contribution in [0.3, 0.4) is 0 Å². The zero-order valence-corrected chi connectivity index (χ0v) is 12.0. The van der Waals surface area contributed by atoms with Crippen LogP contribution < -0.4 is 5.32 Å². The van der Waals surface area contributed by atoms with Crippen molar-refractivity contribution >= 4 is 5.82 Å². The summed E-state index contributed by atoms with van der Waals surface area (Å²) >= 11 is 0. The predicted octanol–water partition coefficient (Wildman–Crippen LogP) is 3.29. The lowest BCUT2D eigenvalue weighted by molar-refractivity contribution is 0.947. The lowest BCUT2D eigenvalue weighted by atomic mass is 10.1. The van der Waals surface area contributed by atoms with Crippen molar-refractivity contribution in [1.82, 2.24) is 15.0 Å². The highest BCUT2D eigenvalue weighted by Crippen LogP contribution is 2.25. The first-order chi connectivity index (χ1) is 9.11. The van der Waals surface area contributed by atoms with E-state index in [2.05, 4.69) is 40.2 Å². The summed E-state index contributed by atoms with van der Waals surface area (Å²) in [7, 11) is 0. The number of rotatable bonds is 4. The third-order valence-electron chi connectivity index (χ3n) is 2.95. The first-order valence-corrected chi connectivity index (χ1v) is 6.63. The molecule has 2 aromatic heterocycles. The molecule has 0 aliphatic heterocycles. The fraction of sp³-hybridized carbons (Fsp3) is 0.400. The molecule has 2 rings (SSSR count). The number of aryl methyl sites for hydroxylation is 2. The molecule has 0 fully saturated rings. The number of aromatic nitrogens is 3. The van der Waals surface area contributed by atoms with Gasteiger partial charge in [-0.3, -0.25) is 4.98 Å². The molecule has 4 nitrogen and oxygen atoms in total. The van der Waals surface area contributed by atoms with Gasteiger partial charge in [0, 0.05) is 30.1 Å². The van der Waals surface area contributed by atoms with E-state index in [1.165, 1.54) is 0 Å². The van der Waals surface area contributed by atoms with E-state index < -0.39 is 0 Å². The van der Waals surface area contributed by atoms with Crippen molar-refractivity contribution in [2.45, 2.75) is 34.1 Å². The Bertz CT molecular complexity index is 578. The molecule has 0 radical (unpaired) electrons. The molecule has 100 valence electrons. The Morgan fingerprint density at radius 3 is 2.58 bits per heavy atom. The van der Waals surface area contributed by atoms with E-state index in [1.54, 1.807) is 0 Å². The van der Waals surface area contributed by atoms with Crippen LogP contribution in [-0.4, -0.2) is 21.5 Å². The van der Waals surface area contributed by atoms with Gasteiger partial charge in [-0.2, -0.15) is 0 Å². The SMILES string of the molecule is CCCNc1nc(C)nc(-c2cncc(C)c2)c1C. The number of hydrogen-bond acceptors (Lipinski definition) is 4. The summed E-state index contributed by atoms with van der Waals surface area (Å²) < 4.78 is 0. The number of hydrogen-bond donors (Lipinski definition) is 1. The molecule has 0 aliphatic rings. The molecule has 4 heteroatoms. The second-order valence-corrected chi connectivity index (χ2v) is 4.77. The van der Waals surface area contributed by atoms with Gasteiger partial charge in [-0.05, 0) is 38.8 Å². The fourth-order valence-electron chi connectivity index (χ4n) is 2.01. The summed E-state index contributed by atoms with van der Waals surface area (Å²) in [5.41, 5.74) is 4.22. The Labute approximate surface area is 114 Å². The lowest BCUT2D eigenvalue weighted by Gasteiger charge is -2.12. The number of nitrogens with zero attached hydrogens (tertiary/aromatic N) is 3. The molecule has 0 bridgehead atoms. The van der Waals surface area contributed by atoms with Crippen LogP contribution in [0.1, 0.15) is 30.3 Å². The fourth-order valence-corrected chi connectivity index (χ4v) is 2.01. The van der Waals surface area contributed by atoms with Crippen LogP contribution in [0.4, 0.5) is 5.82 Å². The van der Waals surface area contributed by atoms with E-state index in [4.69, 9.17) is 0 Å². The summed E-state index contributed by atoms with van der Waals surface area (Å²) in [6.07, 6.45) is 4.78. The molecule has 0 saturated heterocycles. The topological polar surface area (TPSA) is 50.7 Å². The molecule has 19 heavy (non-hydrogen) atoms. The number of nitrogens with one attached hydrogen (secondary N) is 1. The monoisotopic (exact) mass is 256 g/mol. The molecule has 0 aliphatic carbocycles. The summed E-state index contributed by atoms with van der Waals surface area (Å²) in [4.78, 5) is 13.3. The molecule has 0 spiro atoms. The minimum Gasteiger partial charge on any atom is -0.370 e. The maximum Gasteiger partial charge on any atom is 0.133 e. The van der Waals surface area contributed by atoms with Gasteiger partial charge in [0.15, 0.2) is 0 Å². The molecule has 0 amide bonds. The van der Waals surface area contributed by atoms with Crippen molar-refractivity contribution < 1.29 is 0 Å². The van der Waals surface area contributed by atoms with Gasteiger partial charge in [0.2, 0.25) is 0 Å².